The number of fused-ring (bicyclic) bond motifs is 6. The Morgan fingerprint density at radius 1 is 0.440 bits per heavy atom. The van der Waals surface area contributed by atoms with Gasteiger partial charge in [-0.1, -0.05) is 109 Å². The van der Waals surface area contributed by atoms with Crippen LogP contribution in [0.1, 0.15) is 0 Å². The SMILES string of the molecule is c1ccc(-c2cc(-c3ccccc3-c3ccncc3)nc(-c3ccc(-c4ccc5c(c4)sc4ccccc45)c4c3oc3ccccc34)n2)cc1. The molecule has 0 unspecified atom stereocenters. The maximum atomic E-state index is 6.74. The summed E-state index contributed by atoms with van der Waals surface area (Å²) in [5, 5.41) is 4.71. The van der Waals surface area contributed by atoms with Crippen molar-refractivity contribution in [1.82, 2.24) is 15.0 Å². The number of thiophene rings is 1. The monoisotopic (exact) mass is 657 g/mol. The summed E-state index contributed by atoms with van der Waals surface area (Å²) < 4.78 is 9.30. The number of nitrogens with zero attached hydrogens (tertiary/aromatic N) is 3. The van der Waals surface area contributed by atoms with Gasteiger partial charge in [0.15, 0.2) is 5.82 Å². The highest BCUT2D eigenvalue weighted by molar-refractivity contribution is 7.25. The van der Waals surface area contributed by atoms with Crippen molar-refractivity contribution in [3.63, 3.8) is 0 Å². The fourth-order valence-corrected chi connectivity index (χ4v) is 8.24. The highest BCUT2D eigenvalue weighted by Crippen LogP contribution is 2.44. The van der Waals surface area contributed by atoms with Crippen molar-refractivity contribution >= 4 is 53.4 Å². The molecule has 0 fully saturated rings. The number of hydrogen-bond donors (Lipinski definition) is 0. The van der Waals surface area contributed by atoms with Gasteiger partial charge in [-0.3, -0.25) is 4.98 Å². The lowest BCUT2D eigenvalue weighted by atomic mass is 9.95. The molecule has 4 heterocycles. The number of benzene rings is 6. The molecule has 10 rings (SSSR count). The Morgan fingerprint density at radius 2 is 1.14 bits per heavy atom. The number of para-hydroxylation sites is 1. The Bertz CT molecular complexity index is 2870. The fraction of sp³-hybridized carbons (Fsp3) is 0. The minimum Gasteiger partial charge on any atom is -0.455 e. The lowest BCUT2D eigenvalue weighted by Crippen LogP contribution is -1.97. The van der Waals surface area contributed by atoms with E-state index in [1.807, 2.05) is 66.2 Å². The Balaban J connectivity index is 1.22. The molecule has 4 nitrogen and oxygen atoms in total. The lowest BCUT2D eigenvalue weighted by Gasteiger charge is -2.13. The number of hydrogen-bond acceptors (Lipinski definition) is 5. The highest BCUT2D eigenvalue weighted by Gasteiger charge is 2.21. The van der Waals surface area contributed by atoms with Gasteiger partial charge < -0.3 is 4.42 Å². The molecule has 0 aliphatic carbocycles. The zero-order valence-corrected chi connectivity index (χ0v) is 27.6. The second-order valence-corrected chi connectivity index (χ2v) is 13.5. The third-order valence-corrected chi connectivity index (χ3v) is 10.6. The molecule has 0 saturated carbocycles. The van der Waals surface area contributed by atoms with Crippen LogP contribution in [0.25, 0.3) is 98.3 Å². The minimum absolute atomic E-state index is 0.612. The summed E-state index contributed by atoms with van der Waals surface area (Å²) >= 11 is 1.83. The van der Waals surface area contributed by atoms with E-state index in [0.29, 0.717) is 5.82 Å². The van der Waals surface area contributed by atoms with E-state index >= 15 is 0 Å². The molecule has 0 aliphatic rings. The van der Waals surface area contributed by atoms with Crippen LogP contribution in [0.15, 0.2) is 168 Å². The molecule has 0 saturated heterocycles. The van der Waals surface area contributed by atoms with Gasteiger partial charge in [-0.2, -0.15) is 0 Å². The smallest absolute Gasteiger partial charge is 0.164 e. The molecule has 6 aromatic carbocycles. The van der Waals surface area contributed by atoms with Crippen LogP contribution in [0, 0.1) is 0 Å². The Hall–Kier alpha value is -6.43. The summed E-state index contributed by atoms with van der Waals surface area (Å²) in [6.07, 6.45) is 3.65. The van der Waals surface area contributed by atoms with Crippen LogP contribution >= 0.6 is 11.3 Å². The predicted molar refractivity (Wildman–Crippen MR) is 207 cm³/mol. The van der Waals surface area contributed by atoms with E-state index in [4.69, 9.17) is 14.4 Å². The van der Waals surface area contributed by atoms with Crippen LogP contribution in [-0.4, -0.2) is 15.0 Å². The second kappa shape index (κ2) is 11.6. The van der Waals surface area contributed by atoms with Crippen LogP contribution in [-0.2, 0) is 0 Å². The number of furan rings is 1. The molecule has 0 N–H and O–H groups in total. The van der Waals surface area contributed by atoms with Gasteiger partial charge >= 0.3 is 0 Å². The molecule has 0 amide bonds. The Kier molecular flexibility index (Phi) is 6.64. The van der Waals surface area contributed by atoms with Crippen molar-refractivity contribution in [3.8, 4) is 56.2 Å². The van der Waals surface area contributed by atoms with E-state index in [-0.39, 0.29) is 0 Å². The van der Waals surface area contributed by atoms with Gasteiger partial charge in [0, 0.05) is 54.5 Å². The first-order chi connectivity index (χ1) is 24.8. The van der Waals surface area contributed by atoms with Crippen LogP contribution in [0.3, 0.4) is 0 Å². The van der Waals surface area contributed by atoms with Crippen molar-refractivity contribution < 1.29 is 4.42 Å². The maximum Gasteiger partial charge on any atom is 0.164 e. The van der Waals surface area contributed by atoms with Crippen molar-refractivity contribution in [2.75, 3.05) is 0 Å². The van der Waals surface area contributed by atoms with E-state index in [2.05, 4.69) is 114 Å². The van der Waals surface area contributed by atoms with Crippen molar-refractivity contribution in [2.24, 2.45) is 0 Å². The van der Waals surface area contributed by atoms with E-state index in [1.165, 1.54) is 20.2 Å². The van der Waals surface area contributed by atoms with Crippen molar-refractivity contribution in [2.45, 2.75) is 0 Å². The average molecular weight is 658 g/mol. The van der Waals surface area contributed by atoms with Crippen LogP contribution < -0.4 is 0 Å². The maximum absolute atomic E-state index is 6.74. The molecule has 50 heavy (non-hydrogen) atoms. The molecule has 0 aliphatic heterocycles. The molecule has 0 spiro atoms. The molecule has 0 atom stereocenters. The van der Waals surface area contributed by atoms with Crippen LogP contribution in [0.4, 0.5) is 0 Å². The predicted octanol–water partition coefficient (Wildman–Crippen LogP) is 12.5. The summed E-state index contributed by atoms with van der Waals surface area (Å²) in [5.74, 6) is 0.612. The van der Waals surface area contributed by atoms with Gasteiger partial charge in [0.2, 0.25) is 0 Å². The summed E-state index contributed by atoms with van der Waals surface area (Å²) in [6, 6.07) is 52.9. The summed E-state index contributed by atoms with van der Waals surface area (Å²) in [6.45, 7) is 0. The van der Waals surface area contributed by atoms with E-state index in [0.717, 1.165) is 72.3 Å². The molecule has 0 radical (unpaired) electrons. The largest absolute Gasteiger partial charge is 0.455 e. The molecule has 4 aromatic heterocycles. The first kappa shape index (κ1) is 28.6. The van der Waals surface area contributed by atoms with Gasteiger partial charge in [-0.15, -0.1) is 11.3 Å². The van der Waals surface area contributed by atoms with Crippen LogP contribution in [0.2, 0.25) is 0 Å². The lowest BCUT2D eigenvalue weighted by molar-refractivity contribution is 0.669. The third-order valence-electron chi connectivity index (χ3n) is 9.45. The molecule has 234 valence electrons. The molecule has 5 heteroatoms. The van der Waals surface area contributed by atoms with Crippen LogP contribution in [0.5, 0.6) is 0 Å². The standard InChI is InChI=1S/C45H27N3OS/c1-2-10-29(11-3-1)38-27-39(33-13-5-4-12-31(33)28-22-24-46-25-23-28)48-45(47-38)37-21-20-32(43-36-15-6-8-16-40(36)49-44(37)43)30-18-19-35-34-14-7-9-17-41(34)50-42(35)26-30/h1-27H. The number of rotatable bonds is 5. The van der Waals surface area contributed by atoms with Gasteiger partial charge in [0.25, 0.3) is 0 Å². The van der Waals surface area contributed by atoms with E-state index < -0.39 is 0 Å². The summed E-state index contributed by atoms with van der Waals surface area (Å²) in [5.41, 5.74) is 10.6. The Labute approximate surface area is 292 Å². The second-order valence-electron chi connectivity index (χ2n) is 12.4. The number of pyridine rings is 1. The molecular weight excluding hydrogens is 631 g/mol. The zero-order chi connectivity index (χ0) is 33.0. The number of aromatic nitrogens is 3. The first-order valence-corrected chi connectivity index (χ1v) is 17.4. The normalized spacial score (nSPS) is 11.6. The van der Waals surface area contributed by atoms with E-state index in [1.54, 1.807) is 0 Å². The van der Waals surface area contributed by atoms with Gasteiger partial charge in [0.05, 0.1) is 17.0 Å². The minimum atomic E-state index is 0.612. The molecular formula is C45H27N3OS. The van der Waals surface area contributed by atoms with Gasteiger partial charge in [-0.25, -0.2) is 9.97 Å². The van der Waals surface area contributed by atoms with Crippen molar-refractivity contribution in [3.05, 3.63) is 164 Å². The first-order valence-electron chi connectivity index (χ1n) is 16.6. The average Bonchev–Trinajstić information content (AvgIpc) is 3.77. The third kappa shape index (κ3) is 4.71. The zero-order valence-electron chi connectivity index (χ0n) is 26.7. The molecule has 10 aromatic rings. The molecule has 0 bridgehead atoms. The highest BCUT2D eigenvalue weighted by atomic mass is 32.1. The van der Waals surface area contributed by atoms with Gasteiger partial charge in [0.1, 0.15) is 11.2 Å². The quantitative estimate of drug-likeness (QED) is 0.185. The fourth-order valence-electron chi connectivity index (χ4n) is 7.09. The summed E-state index contributed by atoms with van der Waals surface area (Å²) in [4.78, 5) is 14.7. The van der Waals surface area contributed by atoms with Gasteiger partial charge in [-0.05, 0) is 64.7 Å². The Morgan fingerprint density at radius 3 is 2.02 bits per heavy atom. The topological polar surface area (TPSA) is 51.8 Å². The van der Waals surface area contributed by atoms with Crippen molar-refractivity contribution in [1.29, 1.82) is 0 Å². The van der Waals surface area contributed by atoms with E-state index in [9.17, 15) is 0 Å². The summed E-state index contributed by atoms with van der Waals surface area (Å²) in [7, 11) is 0.